The van der Waals surface area contributed by atoms with E-state index in [1.54, 1.807) is 0 Å². The van der Waals surface area contributed by atoms with Crippen molar-refractivity contribution in [3.05, 3.63) is 19.9 Å². The largest absolute Gasteiger partial charge is 0.338 e. The number of hydrogen-bond acceptors (Lipinski definition) is 2. The van der Waals surface area contributed by atoms with E-state index in [0.29, 0.717) is 0 Å². The highest BCUT2D eigenvalue weighted by molar-refractivity contribution is 14.1. The molecule has 1 fully saturated rings. The van der Waals surface area contributed by atoms with Crippen molar-refractivity contribution < 1.29 is 4.79 Å². The summed E-state index contributed by atoms with van der Waals surface area (Å²) in [5.74, 6) is 0.165. The lowest BCUT2D eigenvalue weighted by molar-refractivity contribution is 0.0730. The minimum atomic E-state index is 0.165. The van der Waals surface area contributed by atoms with Gasteiger partial charge in [0.2, 0.25) is 0 Å². The molecule has 0 aliphatic carbocycles. The molecular weight excluding hydrogens is 345 g/mol. The van der Waals surface area contributed by atoms with E-state index in [0.717, 1.165) is 34.4 Å². The second kappa shape index (κ2) is 5.01. The van der Waals surface area contributed by atoms with Crippen molar-refractivity contribution in [2.45, 2.75) is 18.2 Å². The van der Waals surface area contributed by atoms with Crippen molar-refractivity contribution >= 4 is 51.4 Å². The Kier molecular flexibility index (Phi) is 3.90. The van der Waals surface area contributed by atoms with Gasteiger partial charge in [-0.1, -0.05) is 0 Å². The monoisotopic (exact) mass is 355 g/mol. The Labute approximate surface area is 112 Å². The summed E-state index contributed by atoms with van der Waals surface area (Å²) >= 11 is 9.73. The van der Waals surface area contributed by atoms with Crippen molar-refractivity contribution in [1.29, 1.82) is 0 Å². The molecule has 0 radical (unpaired) electrons. The molecule has 1 aromatic rings. The van der Waals surface area contributed by atoms with E-state index in [9.17, 15) is 4.79 Å². The zero-order chi connectivity index (χ0) is 10.8. The van der Waals surface area contributed by atoms with Gasteiger partial charge in [-0.3, -0.25) is 4.79 Å². The molecule has 15 heavy (non-hydrogen) atoms. The lowest BCUT2D eigenvalue weighted by atomic mass is 10.1. The van der Waals surface area contributed by atoms with Gasteiger partial charge in [0, 0.05) is 22.0 Å². The molecule has 1 aromatic heterocycles. The average molecular weight is 356 g/mol. The van der Waals surface area contributed by atoms with Gasteiger partial charge in [-0.05, 0) is 46.9 Å². The molecule has 0 spiro atoms. The van der Waals surface area contributed by atoms with E-state index < -0.39 is 0 Å². The minimum Gasteiger partial charge on any atom is -0.338 e. The van der Waals surface area contributed by atoms with E-state index in [1.807, 2.05) is 16.3 Å². The first kappa shape index (κ1) is 11.7. The second-order valence-electron chi connectivity index (χ2n) is 3.56. The molecule has 82 valence electrons. The van der Waals surface area contributed by atoms with Crippen molar-refractivity contribution in [2.24, 2.45) is 0 Å². The smallest absolute Gasteiger partial charge is 0.265 e. The molecule has 1 aliphatic heterocycles. The molecule has 1 saturated heterocycles. The van der Waals surface area contributed by atoms with Crippen LogP contribution in [-0.4, -0.2) is 29.3 Å². The Bertz CT molecular complexity index is 360. The molecule has 1 amide bonds. The van der Waals surface area contributed by atoms with E-state index in [-0.39, 0.29) is 11.3 Å². The molecule has 0 bridgehead atoms. The maximum Gasteiger partial charge on any atom is 0.265 e. The van der Waals surface area contributed by atoms with E-state index >= 15 is 0 Å². The predicted molar refractivity (Wildman–Crippen MR) is 71.8 cm³/mol. The summed E-state index contributed by atoms with van der Waals surface area (Å²) < 4.78 is 1.05. The van der Waals surface area contributed by atoms with Crippen LogP contribution < -0.4 is 0 Å². The van der Waals surface area contributed by atoms with Crippen LogP contribution >= 0.6 is 45.5 Å². The summed E-state index contributed by atoms with van der Waals surface area (Å²) in [6.07, 6.45) is 1.82. The highest BCUT2D eigenvalue weighted by Crippen LogP contribution is 2.23. The number of nitrogens with zero attached hydrogens (tertiary/aromatic N) is 1. The standard InChI is InChI=1S/C10H11ClINOS/c11-7-1-4-13(5-2-7)10(14)9-8(12)3-6-15-9/h3,6-7H,1-2,4-5H2. The van der Waals surface area contributed by atoms with E-state index in [4.69, 9.17) is 11.6 Å². The molecule has 1 aliphatic rings. The van der Waals surface area contributed by atoms with Gasteiger partial charge >= 0.3 is 0 Å². The van der Waals surface area contributed by atoms with Gasteiger partial charge in [0.15, 0.2) is 0 Å². The Morgan fingerprint density at radius 1 is 1.53 bits per heavy atom. The van der Waals surface area contributed by atoms with Crippen LogP contribution in [0.2, 0.25) is 0 Å². The first-order chi connectivity index (χ1) is 7.18. The number of hydrogen-bond donors (Lipinski definition) is 0. The van der Waals surface area contributed by atoms with Crippen LogP contribution in [0.4, 0.5) is 0 Å². The van der Waals surface area contributed by atoms with Crippen molar-refractivity contribution in [3.8, 4) is 0 Å². The first-order valence-electron chi connectivity index (χ1n) is 4.85. The third kappa shape index (κ3) is 2.65. The van der Waals surface area contributed by atoms with Crippen LogP contribution in [0.25, 0.3) is 0 Å². The van der Waals surface area contributed by atoms with Crippen molar-refractivity contribution in [3.63, 3.8) is 0 Å². The Balaban J connectivity index is 2.06. The molecular formula is C10H11ClINOS. The van der Waals surface area contributed by atoms with Crippen LogP contribution in [0.5, 0.6) is 0 Å². The summed E-state index contributed by atoms with van der Waals surface area (Å²) in [5.41, 5.74) is 0. The maximum atomic E-state index is 12.1. The minimum absolute atomic E-state index is 0.165. The van der Waals surface area contributed by atoms with Crippen LogP contribution in [0.3, 0.4) is 0 Å². The van der Waals surface area contributed by atoms with E-state index in [2.05, 4.69) is 22.6 Å². The Morgan fingerprint density at radius 3 is 2.73 bits per heavy atom. The van der Waals surface area contributed by atoms with Crippen LogP contribution in [0.1, 0.15) is 22.5 Å². The Morgan fingerprint density at radius 2 is 2.20 bits per heavy atom. The number of carbonyl (C=O) groups excluding carboxylic acids is 1. The number of carbonyl (C=O) groups is 1. The van der Waals surface area contributed by atoms with Crippen molar-refractivity contribution in [1.82, 2.24) is 4.90 Å². The van der Waals surface area contributed by atoms with Gasteiger partial charge in [-0.15, -0.1) is 22.9 Å². The zero-order valence-electron chi connectivity index (χ0n) is 8.08. The number of amides is 1. The summed E-state index contributed by atoms with van der Waals surface area (Å²) in [6.45, 7) is 1.59. The van der Waals surface area contributed by atoms with Crippen molar-refractivity contribution in [2.75, 3.05) is 13.1 Å². The second-order valence-corrected chi connectivity index (χ2v) is 6.26. The highest BCUT2D eigenvalue weighted by Gasteiger charge is 2.24. The Hall–Kier alpha value is 0.190. The number of halogens is 2. The quantitative estimate of drug-likeness (QED) is 0.560. The molecule has 0 atom stereocenters. The number of rotatable bonds is 1. The molecule has 0 unspecified atom stereocenters. The van der Waals surface area contributed by atoms with Gasteiger partial charge in [-0.2, -0.15) is 0 Å². The summed E-state index contributed by atoms with van der Waals surface area (Å²) in [7, 11) is 0. The average Bonchev–Trinajstić information content (AvgIpc) is 2.65. The molecule has 2 heterocycles. The molecule has 0 saturated carbocycles. The third-order valence-electron chi connectivity index (χ3n) is 2.52. The molecule has 2 rings (SSSR count). The topological polar surface area (TPSA) is 20.3 Å². The number of piperidine rings is 1. The molecule has 5 heteroatoms. The number of thiophene rings is 1. The predicted octanol–water partition coefficient (Wildman–Crippen LogP) is 3.20. The fourth-order valence-corrected chi connectivity index (χ4v) is 3.62. The highest BCUT2D eigenvalue weighted by atomic mass is 127. The zero-order valence-corrected chi connectivity index (χ0v) is 11.8. The number of likely N-dealkylation sites (tertiary alicyclic amines) is 1. The fourth-order valence-electron chi connectivity index (χ4n) is 1.64. The van der Waals surface area contributed by atoms with Gasteiger partial charge in [-0.25, -0.2) is 0 Å². The van der Waals surface area contributed by atoms with Gasteiger partial charge in [0.1, 0.15) is 4.88 Å². The first-order valence-corrected chi connectivity index (χ1v) is 7.24. The molecule has 0 aromatic carbocycles. The van der Waals surface area contributed by atoms with Crippen LogP contribution in [-0.2, 0) is 0 Å². The van der Waals surface area contributed by atoms with Crippen LogP contribution in [0, 0.1) is 3.57 Å². The number of alkyl halides is 1. The van der Waals surface area contributed by atoms with Crippen LogP contribution in [0.15, 0.2) is 11.4 Å². The van der Waals surface area contributed by atoms with Gasteiger partial charge in [0.25, 0.3) is 5.91 Å². The van der Waals surface area contributed by atoms with E-state index in [1.165, 1.54) is 11.3 Å². The molecule has 2 nitrogen and oxygen atoms in total. The van der Waals surface area contributed by atoms with Gasteiger partial charge < -0.3 is 4.90 Å². The maximum absolute atomic E-state index is 12.1. The third-order valence-corrected chi connectivity index (χ3v) is 5.13. The summed E-state index contributed by atoms with van der Waals surface area (Å²) in [4.78, 5) is 14.9. The fraction of sp³-hybridized carbons (Fsp3) is 0.500. The lowest BCUT2D eigenvalue weighted by Gasteiger charge is -2.29. The molecule has 0 N–H and O–H groups in total. The summed E-state index contributed by atoms with van der Waals surface area (Å²) in [5, 5.41) is 2.21. The lowest BCUT2D eigenvalue weighted by Crippen LogP contribution is -2.38. The normalized spacial score (nSPS) is 18.1. The van der Waals surface area contributed by atoms with Gasteiger partial charge in [0.05, 0.1) is 0 Å². The SMILES string of the molecule is O=C(c1sccc1I)N1CCC(Cl)CC1. The summed E-state index contributed by atoms with van der Waals surface area (Å²) in [6, 6.07) is 1.98.